The highest BCUT2D eigenvalue weighted by molar-refractivity contribution is 7.10. The van der Waals surface area contributed by atoms with Crippen LogP contribution in [0.3, 0.4) is 0 Å². The molecule has 0 radical (unpaired) electrons. The molecular formula is C23H30N4O3S. The maximum Gasteiger partial charge on any atom is 0.321 e. The van der Waals surface area contributed by atoms with Crippen molar-refractivity contribution < 1.29 is 14.3 Å². The van der Waals surface area contributed by atoms with Gasteiger partial charge in [-0.15, -0.1) is 11.3 Å². The standard InChI is InChI=1S/C23H30N4O3S/c28-22(24-17-20(21-7-4-16-31-21)26-12-14-30-15-13-26)18-8-10-27(11-9-18)23(29)25-19-5-2-1-3-6-19/h1-7,16,18,20H,8-15,17H2,(H,24,28)(H,25,29). The molecule has 7 nitrogen and oxygen atoms in total. The van der Waals surface area contributed by atoms with Crippen LogP contribution in [0.4, 0.5) is 10.5 Å². The predicted molar refractivity (Wildman–Crippen MR) is 122 cm³/mol. The lowest BCUT2D eigenvalue weighted by atomic mass is 9.96. The molecule has 1 unspecified atom stereocenters. The Morgan fingerprint density at radius 1 is 1.03 bits per heavy atom. The molecule has 0 spiro atoms. The Balaban J connectivity index is 1.26. The van der Waals surface area contributed by atoms with Crippen molar-refractivity contribution in [3.8, 4) is 0 Å². The Labute approximate surface area is 187 Å². The summed E-state index contributed by atoms with van der Waals surface area (Å²) >= 11 is 1.73. The summed E-state index contributed by atoms with van der Waals surface area (Å²) in [7, 11) is 0. The Morgan fingerprint density at radius 3 is 2.45 bits per heavy atom. The number of anilines is 1. The van der Waals surface area contributed by atoms with Gasteiger partial charge < -0.3 is 20.3 Å². The highest BCUT2D eigenvalue weighted by Gasteiger charge is 2.29. The Morgan fingerprint density at radius 2 is 1.77 bits per heavy atom. The number of ether oxygens (including phenoxy) is 1. The number of urea groups is 1. The van der Waals surface area contributed by atoms with E-state index in [-0.39, 0.29) is 23.9 Å². The van der Waals surface area contributed by atoms with E-state index < -0.39 is 0 Å². The second kappa shape index (κ2) is 10.7. The van der Waals surface area contributed by atoms with E-state index in [1.54, 1.807) is 16.2 Å². The maximum absolute atomic E-state index is 12.9. The Kier molecular flexibility index (Phi) is 7.56. The highest BCUT2D eigenvalue weighted by Crippen LogP contribution is 2.26. The van der Waals surface area contributed by atoms with Gasteiger partial charge in [0.1, 0.15) is 0 Å². The average molecular weight is 443 g/mol. The van der Waals surface area contributed by atoms with E-state index in [1.807, 2.05) is 30.3 Å². The number of rotatable bonds is 6. The molecule has 166 valence electrons. The third-order valence-corrected chi connectivity index (χ3v) is 6.98. The van der Waals surface area contributed by atoms with Gasteiger partial charge in [-0.2, -0.15) is 0 Å². The molecule has 2 aliphatic rings. The number of nitrogens with one attached hydrogen (secondary N) is 2. The summed E-state index contributed by atoms with van der Waals surface area (Å²) in [4.78, 5) is 30.8. The summed E-state index contributed by atoms with van der Waals surface area (Å²) < 4.78 is 5.49. The number of hydrogen-bond acceptors (Lipinski definition) is 5. The molecular weight excluding hydrogens is 412 g/mol. The van der Waals surface area contributed by atoms with Gasteiger partial charge in [-0.1, -0.05) is 24.3 Å². The maximum atomic E-state index is 12.9. The topological polar surface area (TPSA) is 73.9 Å². The van der Waals surface area contributed by atoms with E-state index in [1.165, 1.54) is 4.88 Å². The van der Waals surface area contributed by atoms with Gasteiger partial charge in [-0.05, 0) is 36.4 Å². The van der Waals surface area contributed by atoms with Crippen LogP contribution in [0.2, 0.25) is 0 Å². The molecule has 4 rings (SSSR count). The summed E-state index contributed by atoms with van der Waals surface area (Å²) in [6.45, 7) is 5.02. The SMILES string of the molecule is O=C(NCC(c1cccs1)N1CCOCC1)C1CCN(C(=O)Nc2ccccc2)CC1. The number of thiophene rings is 1. The summed E-state index contributed by atoms with van der Waals surface area (Å²) in [5, 5.41) is 8.19. The van der Waals surface area contributed by atoms with Crippen LogP contribution < -0.4 is 10.6 Å². The molecule has 2 saturated heterocycles. The van der Waals surface area contributed by atoms with Gasteiger partial charge in [0.25, 0.3) is 0 Å². The zero-order chi connectivity index (χ0) is 21.5. The van der Waals surface area contributed by atoms with E-state index in [4.69, 9.17) is 4.74 Å². The number of carbonyl (C=O) groups is 2. The van der Waals surface area contributed by atoms with Crippen molar-refractivity contribution in [2.75, 3.05) is 51.3 Å². The van der Waals surface area contributed by atoms with E-state index in [0.717, 1.165) is 32.0 Å². The molecule has 1 atom stereocenters. The van der Waals surface area contributed by atoms with Crippen LogP contribution in [-0.2, 0) is 9.53 Å². The number of piperidine rings is 1. The van der Waals surface area contributed by atoms with Crippen LogP contribution in [0, 0.1) is 5.92 Å². The van der Waals surface area contributed by atoms with Gasteiger partial charge in [0, 0.05) is 49.2 Å². The molecule has 8 heteroatoms. The lowest BCUT2D eigenvalue weighted by Crippen LogP contribution is -2.47. The first-order valence-electron chi connectivity index (χ1n) is 10.9. The molecule has 2 N–H and O–H groups in total. The number of nitrogens with zero attached hydrogens (tertiary/aromatic N) is 2. The molecule has 2 aromatic rings. The first-order valence-corrected chi connectivity index (χ1v) is 11.8. The molecule has 1 aromatic carbocycles. The molecule has 0 saturated carbocycles. The van der Waals surface area contributed by atoms with Gasteiger partial charge >= 0.3 is 6.03 Å². The van der Waals surface area contributed by atoms with Crippen LogP contribution in [-0.4, -0.2) is 67.7 Å². The summed E-state index contributed by atoms with van der Waals surface area (Å²) in [5.41, 5.74) is 0.787. The normalized spacial score (nSPS) is 19.0. The lowest BCUT2D eigenvalue weighted by Gasteiger charge is -2.35. The number of morpholine rings is 1. The van der Waals surface area contributed by atoms with Crippen LogP contribution in [0.25, 0.3) is 0 Å². The minimum Gasteiger partial charge on any atom is -0.379 e. The van der Waals surface area contributed by atoms with E-state index in [2.05, 4.69) is 33.0 Å². The number of likely N-dealkylation sites (tertiary alicyclic amines) is 1. The molecule has 3 amide bonds. The second-order valence-corrected chi connectivity index (χ2v) is 8.96. The van der Waals surface area contributed by atoms with Crippen molar-refractivity contribution in [3.05, 3.63) is 52.7 Å². The second-order valence-electron chi connectivity index (χ2n) is 7.98. The third-order valence-electron chi connectivity index (χ3n) is 6.01. The molecule has 0 aliphatic carbocycles. The van der Waals surface area contributed by atoms with Gasteiger partial charge in [0.05, 0.1) is 19.3 Å². The number of hydrogen-bond donors (Lipinski definition) is 2. The summed E-state index contributed by atoms with van der Waals surface area (Å²) in [5.74, 6) is 0.0485. The largest absolute Gasteiger partial charge is 0.379 e. The van der Waals surface area contributed by atoms with Gasteiger partial charge in [-0.25, -0.2) is 4.79 Å². The number of amides is 3. The van der Waals surface area contributed by atoms with E-state index in [9.17, 15) is 9.59 Å². The van der Waals surface area contributed by atoms with E-state index in [0.29, 0.717) is 32.5 Å². The van der Waals surface area contributed by atoms with Gasteiger partial charge in [0.2, 0.25) is 5.91 Å². The summed E-state index contributed by atoms with van der Waals surface area (Å²) in [6, 6.07) is 13.7. The fourth-order valence-electron chi connectivity index (χ4n) is 4.19. The molecule has 2 aliphatic heterocycles. The lowest BCUT2D eigenvalue weighted by molar-refractivity contribution is -0.126. The van der Waals surface area contributed by atoms with Crippen molar-refractivity contribution in [2.24, 2.45) is 5.92 Å². The fraction of sp³-hybridized carbons (Fsp3) is 0.478. The number of carbonyl (C=O) groups excluding carboxylic acids is 2. The van der Waals surface area contributed by atoms with Crippen LogP contribution in [0.5, 0.6) is 0 Å². The first-order chi connectivity index (χ1) is 15.2. The molecule has 31 heavy (non-hydrogen) atoms. The third kappa shape index (κ3) is 5.84. The molecule has 2 fully saturated rings. The van der Waals surface area contributed by atoms with Crippen molar-refractivity contribution in [2.45, 2.75) is 18.9 Å². The van der Waals surface area contributed by atoms with Crippen LogP contribution in [0.15, 0.2) is 47.8 Å². The van der Waals surface area contributed by atoms with Gasteiger partial charge in [0.15, 0.2) is 0 Å². The predicted octanol–water partition coefficient (Wildman–Crippen LogP) is 3.18. The smallest absolute Gasteiger partial charge is 0.321 e. The van der Waals surface area contributed by atoms with Gasteiger partial charge in [-0.3, -0.25) is 9.69 Å². The minimum absolute atomic E-state index is 0.0468. The van der Waals surface area contributed by atoms with Crippen molar-refractivity contribution >= 4 is 29.0 Å². The Hall–Kier alpha value is -2.42. The van der Waals surface area contributed by atoms with Crippen molar-refractivity contribution in [1.29, 1.82) is 0 Å². The number of benzene rings is 1. The quantitative estimate of drug-likeness (QED) is 0.721. The van der Waals surface area contributed by atoms with Crippen LogP contribution in [0.1, 0.15) is 23.8 Å². The first kappa shape index (κ1) is 21.8. The van der Waals surface area contributed by atoms with Crippen molar-refractivity contribution in [3.63, 3.8) is 0 Å². The molecule has 3 heterocycles. The zero-order valence-corrected chi connectivity index (χ0v) is 18.5. The van der Waals surface area contributed by atoms with E-state index >= 15 is 0 Å². The van der Waals surface area contributed by atoms with Crippen LogP contribution >= 0.6 is 11.3 Å². The average Bonchev–Trinajstić information content (AvgIpc) is 3.35. The molecule has 0 bridgehead atoms. The summed E-state index contributed by atoms with van der Waals surface area (Å²) in [6.07, 6.45) is 1.38. The van der Waals surface area contributed by atoms with Crippen molar-refractivity contribution in [1.82, 2.24) is 15.1 Å². The minimum atomic E-state index is -0.102. The highest BCUT2D eigenvalue weighted by atomic mass is 32.1. The molecule has 1 aromatic heterocycles. The fourth-order valence-corrected chi connectivity index (χ4v) is 5.05. The Bertz CT molecular complexity index is 832. The zero-order valence-electron chi connectivity index (χ0n) is 17.7. The monoisotopic (exact) mass is 442 g/mol. The number of para-hydroxylation sites is 1.